The number of esters is 1. The van der Waals surface area contributed by atoms with Crippen LogP contribution in [0, 0.1) is 5.92 Å². The SMILES string of the molecule is CCN1CCN(C(=O)c2cc(OCC3CCC3)cc(C(=O)OC)c2)CC1. The second-order valence-electron chi connectivity index (χ2n) is 7.07. The Bertz CT molecular complexity index is 649. The van der Waals surface area contributed by atoms with Crippen molar-refractivity contribution in [2.75, 3.05) is 46.4 Å². The second-order valence-corrected chi connectivity index (χ2v) is 7.07. The standard InChI is InChI=1S/C20H28N2O4/c1-3-21-7-9-22(10-8-21)19(23)16-11-17(20(24)25-2)13-18(12-16)26-14-15-5-4-6-15/h11-13,15H,3-10,14H2,1-2H3. The number of nitrogens with zero attached hydrogens (tertiary/aromatic N) is 2. The van der Waals surface area contributed by atoms with E-state index in [9.17, 15) is 9.59 Å². The molecule has 1 aliphatic carbocycles. The number of piperazine rings is 1. The molecule has 1 aromatic rings. The van der Waals surface area contributed by atoms with Crippen molar-refractivity contribution < 1.29 is 19.1 Å². The summed E-state index contributed by atoms with van der Waals surface area (Å²) in [6.07, 6.45) is 3.62. The first kappa shape index (κ1) is 18.7. The Hall–Kier alpha value is -2.08. The minimum absolute atomic E-state index is 0.0556. The monoisotopic (exact) mass is 360 g/mol. The van der Waals surface area contributed by atoms with E-state index in [1.165, 1.54) is 26.4 Å². The van der Waals surface area contributed by atoms with Crippen LogP contribution in [0.2, 0.25) is 0 Å². The summed E-state index contributed by atoms with van der Waals surface area (Å²) < 4.78 is 10.7. The zero-order chi connectivity index (χ0) is 18.5. The van der Waals surface area contributed by atoms with Crippen molar-refractivity contribution in [3.8, 4) is 5.75 Å². The number of hydrogen-bond acceptors (Lipinski definition) is 5. The molecule has 1 saturated heterocycles. The molecule has 142 valence electrons. The van der Waals surface area contributed by atoms with Crippen LogP contribution in [-0.2, 0) is 4.74 Å². The lowest BCUT2D eigenvalue weighted by Gasteiger charge is -2.34. The molecule has 3 rings (SSSR count). The lowest BCUT2D eigenvalue weighted by molar-refractivity contribution is 0.0600. The van der Waals surface area contributed by atoms with Gasteiger partial charge in [0.1, 0.15) is 5.75 Å². The molecule has 2 fully saturated rings. The van der Waals surface area contributed by atoms with Crippen molar-refractivity contribution in [1.82, 2.24) is 9.80 Å². The molecule has 0 atom stereocenters. The fourth-order valence-corrected chi connectivity index (χ4v) is 3.36. The highest BCUT2D eigenvalue weighted by atomic mass is 16.5. The van der Waals surface area contributed by atoms with Gasteiger partial charge in [-0.2, -0.15) is 0 Å². The molecule has 0 spiro atoms. The summed E-state index contributed by atoms with van der Waals surface area (Å²) in [5.74, 6) is 0.636. The van der Waals surface area contributed by atoms with Crippen LogP contribution < -0.4 is 4.74 Å². The summed E-state index contributed by atoms with van der Waals surface area (Å²) in [4.78, 5) is 29.1. The molecule has 26 heavy (non-hydrogen) atoms. The van der Waals surface area contributed by atoms with E-state index in [-0.39, 0.29) is 5.91 Å². The van der Waals surface area contributed by atoms with Crippen LogP contribution >= 0.6 is 0 Å². The van der Waals surface area contributed by atoms with Crippen LogP contribution in [0.15, 0.2) is 18.2 Å². The molecule has 6 nitrogen and oxygen atoms in total. The van der Waals surface area contributed by atoms with E-state index in [1.807, 2.05) is 4.90 Å². The van der Waals surface area contributed by atoms with E-state index in [0.29, 0.717) is 42.5 Å². The van der Waals surface area contributed by atoms with Gasteiger partial charge in [-0.05, 0) is 43.5 Å². The molecule has 0 aromatic heterocycles. The molecule has 1 aromatic carbocycles. The summed E-state index contributed by atoms with van der Waals surface area (Å²) in [5, 5.41) is 0. The van der Waals surface area contributed by atoms with E-state index in [4.69, 9.17) is 9.47 Å². The number of ether oxygens (including phenoxy) is 2. The fraction of sp³-hybridized carbons (Fsp3) is 0.600. The first-order valence-corrected chi connectivity index (χ1v) is 9.48. The van der Waals surface area contributed by atoms with Crippen molar-refractivity contribution in [1.29, 1.82) is 0 Å². The maximum absolute atomic E-state index is 12.9. The molecule has 1 amide bonds. The Balaban J connectivity index is 1.75. The van der Waals surface area contributed by atoms with Gasteiger partial charge < -0.3 is 19.3 Å². The molecule has 0 bridgehead atoms. The predicted molar refractivity (Wildman–Crippen MR) is 98.6 cm³/mol. The number of carbonyl (C=O) groups excluding carboxylic acids is 2. The molecule has 1 heterocycles. The first-order chi connectivity index (χ1) is 12.6. The third-order valence-electron chi connectivity index (χ3n) is 5.39. The van der Waals surface area contributed by atoms with Gasteiger partial charge >= 0.3 is 5.97 Å². The molecule has 1 saturated carbocycles. The van der Waals surface area contributed by atoms with Gasteiger partial charge in [0.25, 0.3) is 5.91 Å². The highest BCUT2D eigenvalue weighted by Gasteiger charge is 2.24. The van der Waals surface area contributed by atoms with Crippen molar-refractivity contribution in [2.24, 2.45) is 5.92 Å². The van der Waals surface area contributed by atoms with Crippen LogP contribution in [0.5, 0.6) is 5.75 Å². The van der Waals surface area contributed by atoms with Crippen LogP contribution in [0.1, 0.15) is 46.9 Å². The van der Waals surface area contributed by atoms with Crippen LogP contribution in [0.25, 0.3) is 0 Å². The number of hydrogen-bond donors (Lipinski definition) is 0. The smallest absolute Gasteiger partial charge is 0.338 e. The maximum Gasteiger partial charge on any atom is 0.338 e. The van der Waals surface area contributed by atoms with Gasteiger partial charge in [-0.25, -0.2) is 4.79 Å². The molecule has 1 aliphatic heterocycles. The van der Waals surface area contributed by atoms with Gasteiger partial charge in [-0.1, -0.05) is 13.3 Å². The number of carbonyl (C=O) groups is 2. The number of benzene rings is 1. The van der Waals surface area contributed by atoms with Gasteiger partial charge in [0.05, 0.1) is 19.3 Å². The summed E-state index contributed by atoms with van der Waals surface area (Å²) >= 11 is 0. The van der Waals surface area contributed by atoms with Gasteiger partial charge in [0.2, 0.25) is 0 Å². The quantitative estimate of drug-likeness (QED) is 0.729. The van der Waals surface area contributed by atoms with Crippen LogP contribution in [-0.4, -0.2) is 68.1 Å². The third kappa shape index (κ3) is 4.36. The molecule has 6 heteroatoms. The largest absolute Gasteiger partial charge is 0.493 e. The van der Waals surface area contributed by atoms with Gasteiger partial charge in [-0.3, -0.25) is 4.79 Å². The summed E-state index contributed by atoms with van der Waals surface area (Å²) in [6.45, 7) is 6.92. The molecule has 0 N–H and O–H groups in total. The fourth-order valence-electron chi connectivity index (χ4n) is 3.36. The van der Waals surface area contributed by atoms with Crippen molar-refractivity contribution in [3.05, 3.63) is 29.3 Å². The van der Waals surface area contributed by atoms with E-state index < -0.39 is 5.97 Å². The number of amides is 1. The minimum Gasteiger partial charge on any atom is -0.493 e. The van der Waals surface area contributed by atoms with Crippen molar-refractivity contribution >= 4 is 11.9 Å². The number of likely N-dealkylation sites (N-methyl/N-ethyl adjacent to an activating group) is 1. The zero-order valence-electron chi connectivity index (χ0n) is 15.7. The van der Waals surface area contributed by atoms with Crippen LogP contribution in [0.4, 0.5) is 0 Å². The highest BCUT2D eigenvalue weighted by Crippen LogP contribution is 2.28. The average Bonchev–Trinajstić information content (AvgIpc) is 2.65. The maximum atomic E-state index is 12.9. The second kappa shape index (κ2) is 8.54. The Labute approximate surface area is 155 Å². The molecule has 2 aliphatic rings. The summed E-state index contributed by atoms with van der Waals surface area (Å²) in [5.41, 5.74) is 0.843. The summed E-state index contributed by atoms with van der Waals surface area (Å²) in [6, 6.07) is 5.02. The van der Waals surface area contributed by atoms with Gasteiger partial charge in [-0.15, -0.1) is 0 Å². The van der Waals surface area contributed by atoms with Gasteiger partial charge in [0, 0.05) is 31.7 Å². The van der Waals surface area contributed by atoms with Crippen molar-refractivity contribution in [3.63, 3.8) is 0 Å². The summed E-state index contributed by atoms with van der Waals surface area (Å²) in [7, 11) is 1.34. The van der Waals surface area contributed by atoms with Crippen LogP contribution in [0.3, 0.4) is 0 Å². The number of methoxy groups -OCH3 is 1. The Morgan fingerprint density at radius 1 is 1.08 bits per heavy atom. The average molecular weight is 360 g/mol. The Kier molecular flexibility index (Phi) is 6.14. The van der Waals surface area contributed by atoms with Gasteiger partial charge in [0.15, 0.2) is 0 Å². The number of rotatable bonds is 6. The lowest BCUT2D eigenvalue weighted by atomic mass is 9.86. The molecular weight excluding hydrogens is 332 g/mol. The molecule has 0 radical (unpaired) electrons. The van der Waals surface area contributed by atoms with E-state index in [2.05, 4.69) is 11.8 Å². The first-order valence-electron chi connectivity index (χ1n) is 9.48. The normalized spacial score (nSPS) is 18.3. The van der Waals surface area contributed by atoms with E-state index in [1.54, 1.807) is 18.2 Å². The zero-order valence-corrected chi connectivity index (χ0v) is 15.7. The van der Waals surface area contributed by atoms with E-state index in [0.717, 1.165) is 19.6 Å². The van der Waals surface area contributed by atoms with E-state index >= 15 is 0 Å². The predicted octanol–water partition coefficient (Wildman–Crippen LogP) is 2.43. The van der Waals surface area contributed by atoms with Crippen molar-refractivity contribution in [2.45, 2.75) is 26.2 Å². The Morgan fingerprint density at radius 2 is 1.77 bits per heavy atom. The topological polar surface area (TPSA) is 59.1 Å². The Morgan fingerprint density at radius 3 is 2.35 bits per heavy atom. The lowest BCUT2D eigenvalue weighted by Crippen LogP contribution is -2.48. The molecular formula is C20H28N2O4. The highest BCUT2D eigenvalue weighted by molar-refractivity contribution is 5.98. The molecule has 0 unspecified atom stereocenters. The third-order valence-corrected chi connectivity index (χ3v) is 5.39. The minimum atomic E-state index is -0.455.